The summed E-state index contributed by atoms with van der Waals surface area (Å²) in [7, 11) is -3.58. The van der Waals surface area contributed by atoms with Crippen molar-refractivity contribution in [3.8, 4) is 11.6 Å². The molecule has 2 aromatic heterocycles. The summed E-state index contributed by atoms with van der Waals surface area (Å²) in [5.41, 5.74) is 0. The van der Waals surface area contributed by atoms with Crippen LogP contribution in [0.4, 0.5) is 5.82 Å². The van der Waals surface area contributed by atoms with Crippen molar-refractivity contribution < 1.29 is 13.2 Å². The molecule has 0 aliphatic carbocycles. The van der Waals surface area contributed by atoms with Crippen molar-refractivity contribution in [1.29, 1.82) is 0 Å². The number of imidazole rings is 1. The van der Waals surface area contributed by atoms with E-state index in [-0.39, 0.29) is 18.2 Å². The highest BCUT2D eigenvalue weighted by Gasteiger charge is 2.12. The molecule has 0 unspecified atom stereocenters. The molecule has 0 aliphatic heterocycles. The van der Waals surface area contributed by atoms with E-state index >= 15 is 0 Å². The van der Waals surface area contributed by atoms with Crippen molar-refractivity contribution in [2.24, 2.45) is 0 Å². The van der Waals surface area contributed by atoms with Crippen molar-refractivity contribution in [1.82, 2.24) is 19.5 Å². The molecule has 0 bridgehead atoms. The van der Waals surface area contributed by atoms with Gasteiger partial charge in [-0.1, -0.05) is 18.2 Å². The summed E-state index contributed by atoms with van der Waals surface area (Å²) in [4.78, 5) is 11.9. The topological polar surface area (TPSA) is 99.0 Å². The van der Waals surface area contributed by atoms with E-state index in [9.17, 15) is 8.42 Å². The normalized spacial score (nSPS) is 11.2. The second-order valence-electron chi connectivity index (χ2n) is 4.81. The molecule has 0 fully saturated rings. The van der Waals surface area contributed by atoms with Gasteiger partial charge in [-0.15, -0.1) is 0 Å². The minimum absolute atomic E-state index is 0.0405. The highest BCUT2D eigenvalue weighted by Crippen LogP contribution is 2.11. The van der Waals surface area contributed by atoms with E-state index < -0.39 is 10.0 Å². The van der Waals surface area contributed by atoms with E-state index in [2.05, 4.69) is 19.7 Å². The van der Waals surface area contributed by atoms with E-state index in [1.54, 1.807) is 35.4 Å². The van der Waals surface area contributed by atoms with E-state index in [0.717, 1.165) is 0 Å². The van der Waals surface area contributed by atoms with Crippen molar-refractivity contribution in [2.75, 3.05) is 17.1 Å². The first-order chi connectivity index (χ1) is 11.6. The quantitative estimate of drug-likeness (QED) is 0.696. The average Bonchev–Trinajstić information content (AvgIpc) is 3.10. The SMILES string of the molecule is O=S(=O)(CCOc1ccccc1)Nc1cc(-n2ccnc2)ncn1. The summed E-state index contributed by atoms with van der Waals surface area (Å²) in [6.07, 6.45) is 6.16. The molecule has 124 valence electrons. The fourth-order valence-electron chi connectivity index (χ4n) is 1.93. The summed E-state index contributed by atoms with van der Waals surface area (Å²) < 4.78 is 33.7. The van der Waals surface area contributed by atoms with Gasteiger partial charge < -0.3 is 4.74 Å². The van der Waals surface area contributed by atoms with E-state index in [1.807, 2.05) is 18.2 Å². The van der Waals surface area contributed by atoms with Gasteiger partial charge in [-0.2, -0.15) is 0 Å². The Kier molecular flexibility index (Phi) is 4.71. The maximum atomic E-state index is 12.1. The van der Waals surface area contributed by atoms with Crippen LogP contribution in [0.5, 0.6) is 5.75 Å². The van der Waals surface area contributed by atoms with E-state index in [1.165, 1.54) is 12.4 Å². The number of aromatic nitrogens is 4. The number of sulfonamides is 1. The number of anilines is 1. The van der Waals surface area contributed by atoms with Crippen molar-refractivity contribution in [3.05, 3.63) is 61.4 Å². The lowest BCUT2D eigenvalue weighted by molar-refractivity contribution is 0.341. The number of ether oxygens (including phenoxy) is 1. The van der Waals surface area contributed by atoms with Crippen LogP contribution < -0.4 is 9.46 Å². The van der Waals surface area contributed by atoms with Crippen molar-refractivity contribution in [3.63, 3.8) is 0 Å². The monoisotopic (exact) mass is 345 g/mol. The fraction of sp³-hybridized carbons (Fsp3) is 0.133. The molecule has 0 radical (unpaired) electrons. The molecule has 0 saturated heterocycles. The lowest BCUT2D eigenvalue weighted by Gasteiger charge is -2.09. The Hall–Kier alpha value is -2.94. The van der Waals surface area contributed by atoms with Crippen LogP contribution in [0.15, 0.2) is 61.4 Å². The summed E-state index contributed by atoms with van der Waals surface area (Å²) in [5, 5.41) is 0. The van der Waals surface area contributed by atoms with Crippen LogP contribution in [0.25, 0.3) is 5.82 Å². The Morgan fingerprint density at radius 2 is 2.00 bits per heavy atom. The molecule has 0 amide bonds. The molecule has 3 rings (SSSR count). The predicted molar refractivity (Wildman–Crippen MR) is 88.5 cm³/mol. The maximum Gasteiger partial charge on any atom is 0.237 e. The number of rotatable bonds is 7. The van der Waals surface area contributed by atoms with Crippen LogP contribution in [0.3, 0.4) is 0 Å². The number of hydrogen-bond acceptors (Lipinski definition) is 6. The third-order valence-electron chi connectivity index (χ3n) is 3.05. The zero-order valence-corrected chi connectivity index (χ0v) is 13.4. The number of nitrogens with one attached hydrogen (secondary N) is 1. The van der Waals surface area contributed by atoms with Gasteiger partial charge in [0.1, 0.15) is 42.4 Å². The predicted octanol–water partition coefficient (Wildman–Crippen LogP) is 1.48. The largest absolute Gasteiger partial charge is 0.492 e. The minimum Gasteiger partial charge on any atom is -0.492 e. The van der Waals surface area contributed by atoms with Crippen LogP contribution in [0, 0.1) is 0 Å². The second-order valence-corrected chi connectivity index (χ2v) is 6.66. The number of para-hydroxylation sites is 1. The molecule has 1 N–H and O–H groups in total. The Bertz CT molecular complexity index is 882. The van der Waals surface area contributed by atoms with Gasteiger partial charge in [0.05, 0.1) is 0 Å². The van der Waals surface area contributed by atoms with Gasteiger partial charge in [-0.25, -0.2) is 23.4 Å². The molecule has 0 spiro atoms. The summed E-state index contributed by atoms with van der Waals surface area (Å²) >= 11 is 0. The van der Waals surface area contributed by atoms with E-state index in [4.69, 9.17) is 4.74 Å². The Morgan fingerprint density at radius 3 is 2.75 bits per heavy atom. The van der Waals surface area contributed by atoms with Gasteiger partial charge in [0.15, 0.2) is 0 Å². The first kappa shape index (κ1) is 15.9. The van der Waals surface area contributed by atoms with Crippen LogP contribution in [0.2, 0.25) is 0 Å². The Morgan fingerprint density at radius 1 is 1.17 bits per heavy atom. The molecule has 2 heterocycles. The molecule has 3 aromatic rings. The molecule has 0 saturated carbocycles. The fourth-order valence-corrected chi connectivity index (χ4v) is 2.77. The van der Waals surface area contributed by atoms with Gasteiger partial charge >= 0.3 is 0 Å². The summed E-state index contributed by atoms with van der Waals surface area (Å²) in [6.45, 7) is 0.0405. The van der Waals surface area contributed by atoms with Gasteiger partial charge in [-0.05, 0) is 12.1 Å². The van der Waals surface area contributed by atoms with Crippen LogP contribution in [0.1, 0.15) is 0 Å². The molecular formula is C15H15N5O3S. The number of hydrogen-bond donors (Lipinski definition) is 1. The van der Waals surface area contributed by atoms with Gasteiger partial charge in [0.2, 0.25) is 10.0 Å². The van der Waals surface area contributed by atoms with Gasteiger partial charge in [0, 0.05) is 18.5 Å². The van der Waals surface area contributed by atoms with Crippen LogP contribution in [-0.4, -0.2) is 40.3 Å². The lowest BCUT2D eigenvalue weighted by Crippen LogP contribution is -2.22. The third-order valence-corrected chi connectivity index (χ3v) is 4.27. The average molecular weight is 345 g/mol. The van der Waals surface area contributed by atoms with Gasteiger partial charge in [0.25, 0.3) is 0 Å². The first-order valence-electron chi connectivity index (χ1n) is 7.11. The molecular weight excluding hydrogens is 330 g/mol. The summed E-state index contributed by atoms with van der Waals surface area (Å²) in [6, 6.07) is 10.6. The zero-order valence-electron chi connectivity index (χ0n) is 12.6. The summed E-state index contributed by atoms with van der Waals surface area (Å²) in [5.74, 6) is 1.14. The highest BCUT2D eigenvalue weighted by atomic mass is 32.2. The maximum absolute atomic E-state index is 12.1. The lowest BCUT2D eigenvalue weighted by atomic mass is 10.3. The molecule has 24 heavy (non-hydrogen) atoms. The van der Waals surface area contributed by atoms with Gasteiger partial charge in [-0.3, -0.25) is 9.29 Å². The first-order valence-corrected chi connectivity index (χ1v) is 8.76. The van der Waals surface area contributed by atoms with Crippen molar-refractivity contribution in [2.45, 2.75) is 0 Å². The highest BCUT2D eigenvalue weighted by molar-refractivity contribution is 7.92. The molecule has 8 nitrogen and oxygen atoms in total. The third kappa shape index (κ3) is 4.29. The Labute approximate surface area is 139 Å². The second kappa shape index (κ2) is 7.09. The smallest absolute Gasteiger partial charge is 0.237 e. The standard InChI is InChI=1S/C15H15N5O3S/c21-24(22,9-8-23-13-4-2-1-3-5-13)19-14-10-15(18-11-17-14)20-7-6-16-12-20/h1-7,10-12H,8-9H2,(H,17,18,19). The van der Waals surface area contributed by atoms with E-state index in [0.29, 0.717) is 11.6 Å². The molecule has 9 heteroatoms. The zero-order chi connectivity index (χ0) is 16.8. The van der Waals surface area contributed by atoms with Crippen LogP contribution >= 0.6 is 0 Å². The molecule has 0 aliphatic rings. The number of benzene rings is 1. The number of nitrogens with zero attached hydrogens (tertiary/aromatic N) is 4. The van der Waals surface area contributed by atoms with Crippen molar-refractivity contribution >= 4 is 15.8 Å². The minimum atomic E-state index is -3.58. The molecule has 0 atom stereocenters. The molecule has 1 aromatic carbocycles. The van der Waals surface area contributed by atoms with Crippen LogP contribution in [-0.2, 0) is 10.0 Å². The Balaban J connectivity index is 1.61.